The standard InChI is InChI=1S/C33H17N3O4/c1-3-7-25-20(5-1)21-13-14-37-31(21)36(25)29-17-35-26-16-19(9-11-24(26)34-33(35)40-29)18-10-12-28-23(15-18)30-22-6-2-4-8-27(22)38-32(30)39-28/h1-17H. The van der Waals surface area contributed by atoms with Gasteiger partial charge in [-0.2, -0.15) is 4.98 Å². The molecular weight excluding hydrogens is 502 g/mol. The van der Waals surface area contributed by atoms with Crippen LogP contribution < -0.4 is 0 Å². The molecule has 0 fully saturated rings. The van der Waals surface area contributed by atoms with Gasteiger partial charge in [-0.05, 0) is 53.6 Å². The van der Waals surface area contributed by atoms with Crippen LogP contribution in [0.4, 0.5) is 0 Å². The molecule has 0 saturated carbocycles. The topological polar surface area (TPSA) is 74.8 Å². The van der Waals surface area contributed by atoms with E-state index in [4.69, 9.17) is 22.7 Å². The minimum absolute atomic E-state index is 0.525. The Morgan fingerprint density at radius 2 is 1.43 bits per heavy atom. The first-order chi connectivity index (χ1) is 19.8. The highest BCUT2D eigenvalue weighted by Crippen LogP contribution is 2.39. The Hall–Kier alpha value is -5.69. The highest BCUT2D eigenvalue weighted by atomic mass is 16.5. The number of rotatable bonds is 2. The third-order valence-electron chi connectivity index (χ3n) is 7.94. The molecule has 188 valence electrons. The van der Waals surface area contributed by atoms with E-state index >= 15 is 0 Å². The molecular formula is C33H17N3O4. The minimum Gasteiger partial charge on any atom is -0.447 e. The van der Waals surface area contributed by atoms with Crippen molar-refractivity contribution in [2.45, 2.75) is 0 Å². The van der Waals surface area contributed by atoms with Crippen LogP contribution in [0.5, 0.6) is 0 Å². The van der Waals surface area contributed by atoms with E-state index in [0.717, 1.165) is 71.5 Å². The van der Waals surface area contributed by atoms with Crippen LogP contribution in [-0.2, 0) is 0 Å². The van der Waals surface area contributed by atoms with Crippen LogP contribution in [0.2, 0.25) is 0 Å². The average molecular weight is 520 g/mol. The lowest BCUT2D eigenvalue weighted by molar-refractivity contribution is 0.524. The van der Waals surface area contributed by atoms with Crippen molar-refractivity contribution < 1.29 is 17.7 Å². The molecule has 0 aliphatic heterocycles. The fourth-order valence-electron chi connectivity index (χ4n) is 6.13. The Bertz CT molecular complexity index is 2620. The van der Waals surface area contributed by atoms with Crippen LogP contribution >= 0.6 is 0 Å². The maximum absolute atomic E-state index is 6.29. The summed E-state index contributed by atoms with van der Waals surface area (Å²) in [6, 6.07) is 30.7. The lowest BCUT2D eigenvalue weighted by Crippen LogP contribution is -1.91. The molecule has 6 aromatic heterocycles. The molecule has 0 atom stereocenters. The van der Waals surface area contributed by atoms with Crippen molar-refractivity contribution in [1.29, 1.82) is 0 Å². The zero-order valence-corrected chi connectivity index (χ0v) is 20.8. The number of para-hydroxylation sites is 2. The summed E-state index contributed by atoms with van der Waals surface area (Å²) in [5, 5.41) is 5.24. The van der Waals surface area contributed by atoms with Gasteiger partial charge in [0.05, 0.1) is 34.4 Å². The van der Waals surface area contributed by atoms with E-state index < -0.39 is 0 Å². The molecule has 0 saturated heterocycles. The summed E-state index contributed by atoms with van der Waals surface area (Å²) < 4.78 is 28.1. The molecule has 4 aromatic carbocycles. The molecule has 0 aliphatic carbocycles. The Kier molecular flexibility index (Phi) is 3.57. The van der Waals surface area contributed by atoms with Gasteiger partial charge < -0.3 is 17.7 Å². The van der Waals surface area contributed by atoms with Crippen molar-refractivity contribution >= 4 is 72.0 Å². The van der Waals surface area contributed by atoms with E-state index in [1.54, 1.807) is 6.26 Å². The third-order valence-corrected chi connectivity index (χ3v) is 7.94. The molecule has 7 heteroatoms. The summed E-state index contributed by atoms with van der Waals surface area (Å²) in [4.78, 5) is 4.76. The van der Waals surface area contributed by atoms with Crippen molar-refractivity contribution in [3.8, 4) is 17.0 Å². The van der Waals surface area contributed by atoms with Crippen LogP contribution in [0.1, 0.15) is 0 Å². The number of aromatic nitrogens is 3. The molecule has 10 aromatic rings. The summed E-state index contributed by atoms with van der Waals surface area (Å²) in [6.07, 6.45) is 3.68. The van der Waals surface area contributed by atoms with Crippen LogP contribution in [0.15, 0.2) is 121 Å². The summed E-state index contributed by atoms with van der Waals surface area (Å²) in [6.45, 7) is 0. The molecule has 0 aliphatic rings. The summed E-state index contributed by atoms with van der Waals surface area (Å²) in [7, 11) is 0. The number of imidazole rings is 1. The van der Waals surface area contributed by atoms with Gasteiger partial charge in [0.2, 0.25) is 11.6 Å². The predicted octanol–water partition coefficient (Wildman–Crippen LogP) is 9.08. The van der Waals surface area contributed by atoms with E-state index in [-0.39, 0.29) is 0 Å². The van der Waals surface area contributed by atoms with Crippen molar-refractivity contribution in [2.24, 2.45) is 0 Å². The Morgan fingerprint density at radius 1 is 0.625 bits per heavy atom. The highest BCUT2D eigenvalue weighted by Gasteiger charge is 2.20. The number of oxazole rings is 1. The average Bonchev–Trinajstić information content (AvgIpc) is 3.80. The van der Waals surface area contributed by atoms with Gasteiger partial charge in [0, 0.05) is 21.5 Å². The second kappa shape index (κ2) is 7.03. The first-order valence-corrected chi connectivity index (χ1v) is 13.0. The number of nitrogens with zero attached hydrogens (tertiary/aromatic N) is 3. The second-order valence-electron chi connectivity index (χ2n) is 10.1. The molecule has 6 heterocycles. The van der Waals surface area contributed by atoms with E-state index in [2.05, 4.69) is 42.5 Å². The highest BCUT2D eigenvalue weighted by molar-refractivity contribution is 6.18. The van der Waals surface area contributed by atoms with Gasteiger partial charge in [0.1, 0.15) is 11.2 Å². The Morgan fingerprint density at radius 3 is 2.38 bits per heavy atom. The van der Waals surface area contributed by atoms with Crippen molar-refractivity contribution in [1.82, 2.24) is 14.0 Å². The second-order valence-corrected chi connectivity index (χ2v) is 10.1. The van der Waals surface area contributed by atoms with Gasteiger partial charge in [0.15, 0.2) is 0 Å². The molecule has 7 nitrogen and oxygen atoms in total. The molecule has 10 rings (SSSR count). The lowest BCUT2D eigenvalue weighted by atomic mass is 10.0. The number of hydrogen-bond acceptors (Lipinski definition) is 5. The van der Waals surface area contributed by atoms with Gasteiger partial charge >= 0.3 is 5.84 Å². The van der Waals surface area contributed by atoms with Gasteiger partial charge in [-0.3, -0.25) is 4.40 Å². The smallest absolute Gasteiger partial charge is 0.308 e. The van der Waals surface area contributed by atoms with Crippen LogP contribution in [-0.4, -0.2) is 14.0 Å². The van der Waals surface area contributed by atoms with E-state index in [0.29, 0.717) is 17.5 Å². The molecule has 0 spiro atoms. The lowest BCUT2D eigenvalue weighted by Gasteiger charge is -2.03. The van der Waals surface area contributed by atoms with Crippen molar-refractivity contribution in [2.75, 3.05) is 0 Å². The number of hydrogen-bond donors (Lipinski definition) is 0. The molecule has 0 unspecified atom stereocenters. The van der Waals surface area contributed by atoms with E-state index in [1.807, 2.05) is 63.7 Å². The fourth-order valence-corrected chi connectivity index (χ4v) is 6.13. The molecule has 40 heavy (non-hydrogen) atoms. The Balaban J connectivity index is 1.17. The quantitative estimate of drug-likeness (QED) is 0.228. The zero-order chi connectivity index (χ0) is 25.9. The first-order valence-electron chi connectivity index (χ1n) is 13.0. The van der Waals surface area contributed by atoms with Gasteiger partial charge in [-0.15, -0.1) is 0 Å². The maximum atomic E-state index is 6.29. The number of furan rings is 3. The first kappa shape index (κ1) is 20.3. The van der Waals surface area contributed by atoms with E-state index in [9.17, 15) is 0 Å². The third kappa shape index (κ3) is 2.51. The largest absolute Gasteiger partial charge is 0.447 e. The molecule has 0 amide bonds. The van der Waals surface area contributed by atoms with Crippen molar-refractivity contribution in [3.63, 3.8) is 0 Å². The van der Waals surface area contributed by atoms with Crippen LogP contribution in [0.3, 0.4) is 0 Å². The van der Waals surface area contributed by atoms with Gasteiger partial charge in [-0.25, -0.2) is 4.57 Å². The normalized spacial score (nSPS) is 12.5. The fraction of sp³-hybridized carbons (Fsp3) is 0. The van der Waals surface area contributed by atoms with Crippen molar-refractivity contribution in [3.05, 3.63) is 103 Å². The van der Waals surface area contributed by atoms with Gasteiger partial charge in [0.25, 0.3) is 5.78 Å². The molecule has 0 N–H and O–H groups in total. The predicted molar refractivity (Wildman–Crippen MR) is 154 cm³/mol. The summed E-state index contributed by atoms with van der Waals surface area (Å²) in [5.74, 6) is 1.72. The monoisotopic (exact) mass is 519 g/mol. The zero-order valence-electron chi connectivity index (χ0n) is 20.8. The van der Waals surface area contributed by atoms with Gasteiger partial charge in [-0.1, -0.05) is 48.5 Å². The minimum atomic E-state index is 0.525. The van der Waals surface area contributed by atoms with Crippen LogP contribution in [0, 0.1) is 0 Å². The SMILES string of the molecule is c1ccc2c(c1)oc1oc3ccc(-c4ccc5nc6oc(-n7c8ccccc8c8ccoc87)cn6c5c4)cc3c12. The summed E-state index contributed by atoms with van der Waals surface area (Å²) in [5.41, 5.74) is 7.36. The number of fused-ring (bicyclic) bond motifs is 11. The Labute approximate surface area is 224 Å². The maximum Gasteiger partial charge on any atom is 0.308 e. The summed E-state index contributed by atoms with van der Waals surface area (Å²) >= 11 is 0. The molecule has 0 radical (unpaired) electrons. The molecule has 0 bridgehead atoms. The van der Waals surface area contributed by atoms with Crippen LogP contribution in [0.25, 0.3) is 89.0 Å². The number of benzene rings is 4. The van der Waals surface area contributed by atoms with E-state index in [1.165, 1.54) is 0 Å².